The topological polar surface area (TPSA) is 54.7 Å². The minimum Gasteiger partial charge on any atom is -0.455 e. The summed E-state index contributed by atoms with van der Waals surface area (Å²) in [4.78, 5) is 5.06. The van der Waals surface area contributed by atoms with E-state index >= 15 is 0 Å². The first kappa shape index (κ1) is 13.9. The number of benzene rings is 1. The molecular formula is C15H11ClN2O2S. The van der Waals surface area contributed by atoms with Gasteiger partial charge in [-0.15, -0.1) is 11.3 Å². The van der Waals surface area contributed by atoms with Crippen molar-refractivity contribution in [2.24, 2.45) is 5.16 Å². The molecule has 0 aliphatic carbocycles. The molecule has 21 heavy (non-hydrogen) atoms. The molecule has 2 heterocycles. The first-order chi connectivity index (χ1) is 10.2. The van der Waals surface area contributed by atoms with Crippen molar-refractivity contribution < 1.29 is 9.94 Å². The van der Waals surface area contributed by atoms with Gasteiger partial charge in [0.15, 0.2) is 5.75 Å². The Kier molecular flexibility index (Phi) is 3.77. The number of ether oxygens (including phenoxy) is 1. The lowest BCUT2D eigenvalue weighted by Crippen LogP contribution is -1.88. The molecule has 2 aromatic heterocycles. The zero-order chi connectivity index (χ0) is 14.8. The SMILES string of the molecule is CC(=NO)c1cc2c(Oc3ccc(Cl)cc3)cncc2s1. The Labute approximate surface area is 130 Å². The standard InChI is InChI=1S/C15H11ClN2O2S/c1-9(18-19)14-6-12-13(7-17-8-15(12)21-14)20-11-4-2-10(16)3-5-11/h2-8,19H,1H3. The second-order valence-electron chi connectivity index (χ2n) is 4.40. The summed E-state index contributed by atoms with van der Waals surface area (Å²) < 4.78 is 6.83. The number of aromatic nitrogens is 1. The molecule has 0 aliphatic rings. The maximum Gasteiger partial charge on any atom is 0.154 e. The first-order valence-electron chi connectivity index (χ1n) is 6.17. The summed E-state index contributed by atoms with van der Waals surface area (Å²) in [5.74, 6) is 1.34. The normalized spacial score (nSPS) is 11.8. The smallest absolute Gasteiger partial charge is 0.154 e. The number of hydrogen-bond acceptors (Lipinski definition) is 5. The van der Waals surface area contributed by atoms with E-state index in [1.807, 2.05) is 6.07 Å². The largest absolute Gasteiger partial charge is 0.455 e. The van der Waals surface area contributed by atoms with Crippen molar-refractivity contribution in [1.29, 1.82) is 0 Å². The maximum atomic E-state index is 8.88. The Morgan fingerprint density at radius 3 is 2.76 bits per heavy atom. The minimum atomic E-state index is 0.564. The van der Waals surface area contributed by atoms with Crippen LogP contribution in [0.5, 0.6) is 11.5 Å². The van der Waals surface area contributed by atoms with Gasteiger partial charge in [-0.2, -0.15) is 0 Å². The summed E-state index contributed by atoms with van der Waals surface area (Å²) in [5.41, 5.74) is 0.564. The number of pyridine rings is 1. The third-order valence-electron chi connectivity index (χ3n) is 2.96. The van der Waals surface area contributed by atoms with E-state index in [2.05, 4.69) is 10.1 Å². The Morgan fingerprint density at radius 2 is 2.05 bits per heavy atom. The fourth-order valence-corrected chi connectivity index (χ4v) is 2.99. The highest BCUT2D eigenvalue weighted by Crippen LogP contribution is 2.34. The van der Waals surface area contributed by atoms with E-state index in [1.165, 1.54) is 11.3 Å². The lowest BCUT2D eigenvalue weighted by Gasteiger charge is -2.06. The summed E-state index contributed by atoms with van der Waals surface area (Å²) in [5, 5.41) is 13.7. The van der Waals surface area contributed by atoms with Crippen LogP contribution in [-0.2, 0) is 0 Å². The molecule has 0 radical (unpaired) electrons. The molecule has 0 bridgehead atoms. The molecule has 0 aliphatic heterocycles. The maximum absolute atomic E-state index is 8.88. The van der Waals surface area contributed by atoms with Gasteiger partial charge in [0, 0.05) is 16.6 Å². The monoisotopic (exact) mass is 318 g/mol. The summed E-state index contributed by atoms with van der Waals surface area (Å²) >= 11 is 7.36. The average Bonchev–Trinajstić information content (AvgIpc) is 2.94. The summed E-state index contributed by atoms with van der Waals surface area (Å²) in [7, 11) is 0. The molecule has 1 aromatic carbocycles. The fourth-order valence-electron chi connectivity index (χ4n) is 1.87. The van der Waals surface area contributed by atoms with Crippen LogP contribution < -0.4 is 4.74 Å². The second-order valence-corrected chi connectivity index (χ2v) is 5.92. The molecule has 0 amide bonds. The van der Waals surface area contributed by atoms with E-state index < -0.39 is 0 Å². The van der Waals surface area contributed by atoms with Crippen LogP contribution in [-0.4, -0.2) is 15.9 Å². The molecule has 1 N–H and O–H groups in total. The Hall–Kier alpha value is -2.11. The van der Waals surface area contributed by atoms with Crippen molar-refractivity contribution in [3.63, 3.8) is 0 Å². The van der Waals surface area contributed by atoms with Gasteiger partial charge in [-0.3, -0.25) is 4.98 Å². The van der Waals surface area contributed by atoms with E-state index in [4.69, 9.17) is 21.5 Å². The molecule has 0 saturated heterocycles. The van der Waals surface area contributed by atoms with Crippen LogP contribution in [0.4, 0.5) is 0 Å². The predicted octanol–water partition coefficient (Wildman–Crippen LogP) is 4.94. The van der Waals surface area contributed by atoms with Crippen LogP contribution in [0.3, 0.4) is 0 Å². The van der Waals surface area contributed by atoms with Gasteiger partial charge in [0.25, 0.3) is 0 Å². The lowest BCUT2D eigenvalue weighted by atomic mass is 10.2. The zero-order valence-electron chi connectivity index (χ0n) is 11.1. The quantitative estimate of drug-likeness (QED) is 0.423. The van der Waals surface area contributed by atoms with Crippen LogP contribution in [0.2, 0.25) is 5.02 Å². The van der Waals surface area contributed by atoms with Crippen LogP contribution >= 0.6 is 22.9 Å². The van der Waals surface area contributed by atoms with Gasteiger partial charge in [0.2, 0.25) is 0 Å². The van der Waals surface area contributed by atoms with Gasteiger partial charge in [0.1, 0.15) is 5.75 Å². The minimum absolute atomic E-state index is 0.564. The van der Waals surface area contributed by atoms with Gasteiger partial charge >= 0.3 is 0 Å². The van der Waals surface area contributed by atoms with E-state index in [0.717, 1.165) is 15.0 Å². The van der Waals surface area contributed by atoms with Crippen LogP contribution in [0.15, 0.2) is 47.9 Å². The highest BCUT2D eigenvalue weighted by Gasteiger charge is 2.10. The van der Waals surface area contributed by atoms with Crippen molar-refractivity contribution in [3.05, 3.63) is 52.6 Å². The molecule has 6 heteroatoms. The number of rotatable bonds is 3. The Balaban J connectivity index is 2.02. The van der Waals surface area contributed by atoms with Crippen molar-refractivity contribution in [2.45, 2.75) is 6.92 Å². The number of oxime groups is 1. The molecule has 3 aromatic rings. The van der Waals surface area contributed by atoms with Crippen LogP contribution in [0.25, 0.3) is 10.1 Å². The molecular weight excluding hydrogens is 308 g/mol. The van der Waals surface area contributed by atoms with Gasteiger partial charge in [-0.25, -0.2) is 0 Å². The molecule has 0 fully saturated rings. The molecule has 0 unspecified atom stereocenters. The third kappa shape index (κ3) is 2.84. The number of halogens is 1. The zero-order valence-corrected chi connectivity index (χ0v) is 12.6. The van der Waals surface area contributed by atoms with Gasteiger partial charge in [-0.05, 0) is 37.3 Å². The molecule has 0 saturated carbocycles. The second kappa shape index (κ2) is 5.71. The van der Waals surface area contributed by atoms with Crippen LogP contribution in [0, 0.1) is 0 Å². The van der Waals surface area contributed by atoms with Crippen molar-refractivity contribution in [2.75, 3.05) is 0 Å². The summed E-state index contributed by atoms with van der Waals surface area (Å²) in [6, 6.07) is 9.07. The van der Waals surface area contributed by atoms with E-state index in [0.29, 0.717) is 22.2 Å². The Morgan fingerprint density at radius 1 is 1.29 bits per heavy atom. The van der Waals surface area contributed by atoms with Crippen molar-refractivity contribution >= 4 is 38.7 Å². The number of fused-ring (bicyclic) bond motifs is 1. The van der Waals surface area contributed by atoms with E-state index in [-0.39, 0.29) is 0 Å². The number of nitrogens with zero attached hydrogens (tertiary/aromatic N) is 2. The third-order valence-corrected chi connectivity index (χ3v) is 4.39. The molecule has 3 rings (SSSR count). The predicted molar refractivity (Wildman–Crippen MR) is 85.1 cm³/mol. The number of thiophene rings is 1. The molecule has 0 atom stereocenters. The van der Waals surface area contributed by atoms with Gasteiger partial charge in [0.05, 0.1) is 21.5 Å². The molecule has 4 nitrogen and oxygen atoms in total. The average molecular weight is 319 g/mol. The fraction of sp³-hybridized carbons (Fsp3) is 0.0667. The lowest BCUT2D eigenvalue weighted by molar-refractivity contribution is 0.319. The number of hydrogen-bond donors (Lipinski definition) is 1. The summed E-state index contributed by atoms with van der Waals surface area (Å²) in [6.45, 7) is 1.75. The summed E-state index contributed by atoms with van der Waals surface area (Å²) in [6.07, 6.45) is 3.43. The van der Waals surface area contributed by atoms with E-state index in [9.17, 15) is 0 Å². The van der Waals surface area contributed by atoms with E-state index in [1.54, 1.807) is 43.6 Å². The Bertz CT molecular complexity index is 812. The van der Waals surface area contributed by atoms with Crippen molar-refractivity contribution in [3.8, 4) is 11.5 Å². The van der Waals surface area contributed by atoms with Crippen molar-refractivity contribution in [1.82, 2.24) is 4.98 Å². The van der Waals surface area contributed by atoms with Crippen LogP contribution in [0.1, 0.15) is 11.8 Å². The highest BCUT2D eigenvalue weighted by molar-refractivity contribution is 7.20. The highest BCUT2D eigenvalue weighted by atomic mass is 35.5. The van der Waals surface area contributed by atoms with Gasteiger partial charge in [-0.1, -0.05) is 16.8 Å². The first-order valence-corrected chi connectivity index (χ1v) is 7.37. The molecule has 106 valence electrons. The molecule has 0 spiro atoms. The van der Waals surface area contributed by atoms with Gasteiger partial charge < -0.3 is 9.94 Å².